The van der Waals surface area contributed by atoms with E-state index >= 15 is 0 Å². The summed E-state index contributed by atoms with van der Waals surface area (Å²) in [6.07, 6.45) is 3.37. The predicted octanol–water partition coefficient (Wildman–Crippen LogP) is 3.02. The monoisotopic (exact) mass is 291 g/mol. The Morgan fingerprint density at radius 1 is 1.40 bits per heavy atom. The van der Waals surface area contributed by atoms with E-state index in [1.165, 1.54) is 6.42 Å². The summed E-state index contributed by atoms with van der Waals surface area (Å²) in [7, 11) is 0. The van der Waals surface area contributed by atoms with Crippen molar-refractivity contribution in [3.05, 3.63) is 28.8 Å². The van der Waals surface area contributed by atoms with Crippen molar-refractivity contribution in [2.45, 2.75) is 32.2 Å². The Kier molecular flexibility index (Phi) is 4.86. The number of halogens is 1. The topological polar surface area (TPSA) is 56.1 Å². The number of nitrogens with zero attached hydrogens (tertiary/aromatic N) is 2. The van der Waals surface area contributed by atoms with E-state index in [2.05, 4.69) is 5.32 Å². The Bertz CT molecular complexity index is 532. The van der Waals surface area contributed by atoms with Crippen molar-refractivity contribution in [1.29, 1.82) is 5.26 Å². The summed E-state index contributed by atoms with van der Waals surface area (Å²) in [6.45, 7) is 3.54. The third-order valence-electron chi connectivity index (χ3n) is 3.51. The molecule has 1 aliphatic rings. The van der Waals surface area contributed by atoms with Crippen LogP contribution < -0.4 is 5.32 Å². The molecular weight excluding hydrogens is 274 g/mol. The molecule has 1 unspecified atom stereocenters. The van der Waals surface area contributed by atoms with E-state index in [-0.39, 0.29) is 11.9 Å². The first kappa shape index (κ1) is 14.7. The zero-order chi connectivity index (χ0) is 14.5. The van der Waals surface area contributed by atoms with Crippen LogP contribution in [0.25, 0.3) is 0 Å². The minimum absolute atomic E-state index is 0.116. The number of hydrogen-bond donors (Lipinski definition) is 1. The van der Waals surface area contributed by atoms with Crippen LogP contribution in [0.2, 0.25) is 5.02 Å². The lowest BCUT2D eigenvalue weighted by Gasteiger charge is -2.29. The van der Waals surface area contributed by atoms with Gasteiger partial charge >= 0.3 is 0 Å². The standard InChI is InChI=1S/C15H18ClN3O/c1-11(15(20)19-7-3-2-4-8-19)18-13-6-5-12(10-17)14(16)9-13/h5-6,9,11,18H,2-4,7-8H2,1H3. The molecule has 0 bridgehead atoms. The highest BCUT2D eigenvalue weighted by Crippen LogP contribution is 2.21. The number of hydrogen-bond acceptors (Lipinski definition) is 3. The van der Waals surface area contributed by atoms with E-state index in [1.807, 2.05) is 17.9 Å². The van der Waals surface area contributed by atoms with Crippen LogP contribution in [0.5, 0.6) is 0 Å². The lowest BCUT2D eigenvalue weighted by atomic mass is 10.1. The second kappa shape index (κ2) is 6.62. The molecule has 1 aliphatic heterocycles. The minimum atomic E-state index is -0.294. The molecular formula is C15H18ClN3O. The maximum absolute atomic E-state index is 12.3. The summed E-state index contributed by atoms with van der Waals surface area (Å²) in [5.74, 6) is 0.116. The van der Waals surface area contributed by atoms with Crippen LogP contribution in [0.1, 0.15) is 31.7 Å². The fourth-order valence-electron chi connectivity index (χ4n) is 2.40. The highest BCUT2D eigenvalue weighted by atomic mass is 35.5. The number of benzene rings is 1. The van der Waals surface area contributed by atoms with Gasteiger partial charge in [0.05, 0.1) is 10.6 Å². The first-order valence-corrected chi connectivity index (χ1v) is 7.24. The lowest BCUT2D eigenvalue weighted by molar-refractivity contribution is -0.132. The maximum atomic E-state index is 12.3. The molecule has 1 aromatic carbocycles. The Balaban J connectivity index is 2.00. The molecule has 0 aliphatic carbocycles. The number of carbonyl (C=O) groups is 1. The first-order valence-electron chi connectivity index (χ1n) is 6.87. The van der Waals surface area contributed by atoms with Crippen LogP contribution in [-0.2, 0) is 4.79 Å². The van der Waals surface area contributed by atoms with Gasteiger partial charge in [-0.15, -0.1) is 0 Å². The highest BCUT2D eigenvalue weighted by Gasteiger charge is 2.21. The summed E-state index contributed by atoms with van der Waals surface area (Å²) >= 11 is 5.98. The zero-order valence-corrected chi connectivity index (χ0v) is 12.3. The molecule has 0 aromatic heterocycles. The van der Waals surface area contributed by atoms with Gasteiger partial charge in [-0.2, -0.15) is 5.26 Å². The maximum Gasteiger partial charge on any atom is 0.244 e. The van der Waals surface area contributed by atoms with E-state index in [4.69, 9.17) is 16.9 Å². The Morgan fingerprint density at radius 3 is 2.70 bits per heavy atom. The van der Waals surface area contributed by atoms with Gasteiger partial charge in [-0.1, -0.05) is 11.6 Å². The fourth-order valence-corrected chi connectivity index (χ4v) is 2.62. The Morgan fingerprint density at radius 2 is 2.10 bits per heavy atom. The summed E-state index contributed by atoms with van der Waals surface area (Å²) in [4.78, 5) is 14.2. The molecule has 0 saturated carbocycles. The quantitative estimate of drug-likeness (QED) is 0.931. The van der Waals surface area contributed by atoms with Crippen molar-refractivity contribution in [1.82, 2.24) is 4.90 Å². The number of piperidine rings is 1. The van der Waals surface area contributed by atoms with Crippen molar-refractivity contribution in [2.24, 2.45) is 0 Å². The number of carbonyl (C=O) groups excluding carboxylic acids is 1. The molecule has 0 spiro atoms. The van der Waals surface area contributed by atoms with Crippen LogP contribution in [-0.4, -0.2) is 29.9 Å². The first-order chi connectivity index (χ1) is 9.61. The van der Waals surface area contributed by atoms with Crippen molar-refractivity contribution < 1.29 is 4.79 Å². The molecule has 1 N–H and O–H groups in total. The average molecular weight is 292 g/mol. The van der Waals surface area contributed by atoms with Gasteiger partial charge in [-0.05, 0) is 44.4 Å². The molecule has 1 saturated heterocycles. The number of nitriles is 1. The van der Waals surface area contributed by atoms with Crippen LogP contribution in [0.4, 0.5) is 5.69 Å². The summed E-state index contributed by atoms with van der Waals surface area (Å²) in [6, 6.07) is 6.83. The molecule has 1 atom stereocenters. The molecule has 4 nitrogen and oxygen atoms in total. The van der Waals surface area contributed by atoms with E-state index in [9.17, 15) is 4.79 Å². The van der Waals surface area contributed by atoms with E-state index < -0.39 is 0 Å². The van der Waals surface area contributed by atoms with Crippen molar-refractivity contribution in [3.8, 4) is 6.07 Å². The predicted molar refractivity (Wildman–Crippen MR) is 79.7 cm³/mol. The third-order valence-corrected chi connectivity index (χ3v) is 3.82. The second-order valence-corrected chi connectivity index (χ2v) is 5.47. The van der Waals surface area contributed by atoms with Crippen LogP contribution in [0, 0.1) is 11.3 Å². The van der Waals surface area contributed by atoms with E-state index in [0.717, 1.165) is 31.6 Å². The van der Waals surface area contributed by atoms with Gasteiger partial charge in [0.15, 0.2) is 0 Å². The summed E-state index contributed by atoms with van der Waals surface area (Å²) in [5.41, 5.74) is 1.19. The lowest BCUT2D eigenvalue weighted by Crippen LogP contribution is -2.43. The highest BCUT2D eigenvalue weighted by molar-refractivity contribution is 6.32. The number of rotatable bonds is 3. The molecule has 2 rings (SSSR count). The number of nitrogens with one attached hydrogen (secondary N) is 1. The van der Waals surface area contributed by atoms with Crippen LogP contribution in [0.15, 0.2) is 18.2 Å². The molecule has 5 heteroatoms. The molecule has 1 amide bonds. The van der Waals surface area contributed by atoms with Crippen molar-refractivity contribution in [3.63, 3.8) is 0 Å². The second-order valence-electron chi connectivity index (χ2n) is 5.06. The van der Waals surface area contributed by atoms with Crippen molar-refractivity contribution in [2.75, 3.05) is 18.4 Å². The minimum Gasteiger partial charge on any atom is -0.374 e. The molecule has 1 fully saturated rings. The van der Waals surface area contributed by atoms with Gasteiger partial charge in [0.25, 0.3) is 0 Å². The molecule has 1 aromatic rings. The van der Waals surface area contributed by atoms with Gasteiger partial charge in [0.2, 0.25) is 5.91 Å². The number of likely N-dealkylation sites (tertiary alicyclic amines) is 1. The largest absolute Gasteiger partial charge is 0.374 e. The van der Waals surface area contributed by atoms with E-state index in [0.29, 0.717) is 10.6 Å². The Labute approximate surface area is 124 Å². The van der Waals surface area contributed by atoms with Gasteiger partial charge in [0, 0.05) is 18.8 Å². The zero-order valence-electron chi connectivity index (χ0n) is 11.5. The Hall–Kier alpha value is -1.73. The molecule has 106 valence electrons. The SMILES string of the molecule is CC(Nc1ccc(C#N)c(Cl)c1)C(=O)N1CCCCC1. The summed E-state index contributed by atoms with van der Waals surface area (Å²) < 4.78 is 0. The smallest absolute Gasteiger partial charge is 0.244 e. The van der Waals surface area contributed by atoms with Crippen LogP contribution >= 0.6 is 11.6 Å². The van der Waals surface area contributed by atoms with Crippen molar-refractivity contribution >= 4 is 23.2 Å². The fraction of sp³-hybridized carbons (Fsp3) is 0.467. The van der Waals surface area contributed by atoms with E-state index in [1.54, 1.807) is 18.2 Å². The summed E-state index contributed by atoms with van der Waals surface area (Å²) in [5, 5.41) is 12.4. The molecule has 20 heavy (non-hydrogen) atoms. The number of anilines is 1. The normalized spacial score (nSPS) is 16.4. The molecule has 1 heterocycles. The van der Waals surface area contributed by atoms with Gasteiger partial charge in [-0.3, -0.25) is 4.79 Å². The average Bonchev–Trinajstić information content (AvgIpc) is 2.47. The van der Waals surface area contributed by atoms with Gasteiger partial charge in [-0.25, -0.2) is 0 Å². The van der Waals surface area contributed by atoms with Gasteiger partial charge < -0.3 is 10.2 Å². The van der Waals surface area contributed by atoms with Gasteiger partial charge in [0.1, 0.15) is 12.1 Å². The molecule has 0 radical (unpaired) electrons. The van der Waals surface area contributed by atoms with Crippen LogP contribution in [0.3, 0.4) is 0 Å². The number of amides is 1. The third kappa shape index (κ3) is 3.43.